The van der Waals surface area contributed by atoms with Crippen LogP contribution in [0.25, 0.3) is 0 Å². The Labute approximate surface area is 133 Å². The predicted molar refractivity (Wildman–Crippen MR) is 76.9 cm³/mol. The largest absolute Gasteiger partial charge is 0.362 e. The van der Waals surface area contributed by atoms with Gasteiger partial charge in [0.2, 0.25) is 5.91 Å². The minimum Gasteiger partial charge on any atom is -0.362 e. The molecule has 0 spiro atoms. The highest BCUT2D eigenvalue weighted by molar-refractivity contribution is 7.98. The van der Waals surface area contributed by atoms with Crippen LogP contribution in [-0.2, 0) is 28.5 Å². The van der Waals surface area contributed by atoms with Gasteiger partial charge in [0.05, 0.1) is 18.9 Å². The predicted octanol–water partition coefficient (Wildman–Crippen LogP) is 0.526. The maximum absolute atomic E-state index is 11.5. The van der Waals surface area contributed by atoms with Crippen LogP contribution < -0.4 is 0 Å². The molecule has 0 radical (unpaired) electrons. The molecule has 0 aromatic rings. The van der Waals surface area contributed by atoms with Gasteiger partial charge in [0.25, 0.3) is 0 Å². The van der Waals surface area contributed by atoms with Gasteiger partial charge in [-0.15, -0.1) is 11.8 Å². The Morgan fingerprint density at radius 2 is 2.14 bits per heavy atom. The zero-order valence-electron chi connectivity index (χ0n) is 12.9. The Balaban J connectivity index is 1.48. The Bertz CT molecular complexity index is 474. The summed E-state index contributed by atoms with van der Waals surface area (Å²) >= 11 is 1.60. The summed E-state index contributed by atoms with van der Waals surface area (Å²) in [5, 5.41) is 0. The molecule has 1 amide bonds. The molecule has 124 valence electrons. The van der Waals surface area contributed by atoms with Gasteiger partial charge in [0.15, 0.2) is 12.1 Å². The smallest absolute Gasteiger partial charge is 0.229 e. The number of β-lactam (4-membered cyclic amide) rings is 1. The highest BCUT2D eigenvalue weighted by Crippen LogP contribution is 2.42. The number of thioether (sulfide) groups is 1. The van der Waals surface area contributed by atoms with Crippen molar-refractivity contribution >= 4 is 17.7 Å². The number of fused-ring (bicyclic) bond motifs is 2. The lowest BCUT2D eigenvalue weighted by Crippen LogP contribution is -2.49. The van der Waals surface area contributed by atoms with Gasteiger partial charge in [-0.2, -0.15) is 0 Å². The fourth-order valence-corrected chi connectivity index (χ4v) is 3.82. The molecule has 4 fully saturated rings. The number of amides is 1. The van der Waals surface area contributed by atoms with Crippen molar-refractivity contribution in [1.82, 2.24) is 4.90 Å². The number of nitrogens with zero attached hydrogens (tertiary/aromatic N) is 1. The maximum atomic E-state index is 11.5. The highest BCUT2D eigenvalue weighted by atomic mass is 32.2. The minimum atomic E-state index is -0.670. The summed E-state index contributed by atoms with van der Waals surface area (Å²) in [6.07, 6.45) is 0.917. The normalized spacial score (nSPS) is 45.8. The Hall–Kier alpha value is -0.380. The first kappa shape index (κ1) is 15.2. The average molecular weight is 331 g/mol. The second-order valence-electron chi connectivity index (χ2n) is 6.49. The van der Waals surface area contributed by atoms with Crippen LogP contribution in [-0.4, -0.2) is 72.3 Å². The van der Waals surface area contributed by atoms with E-state index in [2.05, 4.69) is 0 Å². The Morgan fingerprint density at radius 3 is 2.82 bits per heavy atom. The maximum Gasteiger partial charge on any atom is 0.229 e. The third-order valence-electron chi connectivity index (χ3n) is 4.50. The molecular formula is C14H21NO6S. The number of hydrogen-bond acceptors (Lipinski definition) is 7. The Morgan fingerprint density at radius 1 is 1.32 bits per heavy atom. The molecule has 4 aliphatic rings. The zero-order valence-corrected chi connectivity index (χ0v) is 13.7. The van der Waals surface area contributed by atoms with E-state index in [1.165, 1.54) is 0 Å². The summed E-state index contributed by atoms with van der Waals surface area (Å²) in [5.41, 5.74) is 0. The Kier molecular flexibility index (Phi) is 3.67. The molecule has 8 heteroatoms. The first-order valence-corrected chi connectivity index (χ1v) is 8.94. The quantitative estimate of drug-likeness (QED) is 0.550. The van der Waals surface area contributed by atoms with Crippen LogP contribution in [0, 0.1) is 0 Å². The van der Waals surface area contributed by atoms with E-state index in [-0.39, 0.29) is 36.6 Å². The molecule has 4 aliphatic heterocycles. The summed E-state index contributed by atoms with van der Waals surface area (Å²) in [5.74, 6) is 0.0213. The van der Waals surface area contributed by atoms with E-state index in [0.717, 1.165) is 0 Å². The van der Waals surface area contributed by atoms with Crippen LogP contribution >= 0.6 is 11.8 Å². The van der Waals surface area contributed by atoms with E-state index in [0.29, 0.717) is 18.9 Å². The minimum absolute atomic E-state index is 0.0963. The molecule has 0 aromatic heterocycles. The number of hydrogen-bond donors (Lipinski definition) is 0. The average Bonchev–Trinajstić information content (AvgIpc) is 3.04. The van der Waals surface area contributed by atoms with Crippen molar-refractivity contribution in [2.45, 2.75) is 63.0 Å². The monoisotopic (exact) mass is 331 g/mol. The first-order valence-electron chi connectivity index (χ1n) is 7.55. The summed E-state index contributed by atoms with van der Waals surface area (Å²) in [7, 11) is 0. The van der Waals surface area contributed by atoms with Crippen LogP contribution in [0.15, 0.2) is 0 Å². The molecule has 6 atom stereocenters. The molecule has 0 aromatic carbocycles. The van der Waals surface area contributed by atoms with Gasteiger partial charge in [-0.25, -0.2) is 0 Å². The SMILES string of the molecule is CSCO[C@@H]1[C@H]2OC(C)(C)O[C@H]2O[C@@H]1[C@H]1CN2C(=O)C[C@@H]2O1. The van der Waals surface area contributed by atoms with E-state index >= 15 is 0 Å². The fourth-order valence-electron chi connectivity index (χ4n) is 3.53. The van der Waals surface area contributed by atoms with Crippen molar-refractivity contribution in [3.63, 3.8) is 0 Å². The van der Waals surface area contributed by atoms with Crippen molar-refractivity contribution in [3.8, 4) is 0 Å². The lowest BCUT2D eigenvalue weighted by molar-refractivity contribution is -0.230. The molecular weight excluding hydrogens is 310 g/mol. The fraction of sp³-hybridized carbons (Fsp3) is 0.929. The van der Waals surface area contributed by atoms with Crippen LogP contribution in [0.1, 0.15) is 20.3 Å². The summed E-state index contributed by atoms with van der Waals surface area (Å²) in [4.78, 5) is 13.3. The summed E-state index contributed by atoms with van der Waals surface area (Å²) in [6, 6.07) is 0. The van der Waals surface area contributed by atoms with Crippen molar-refractivity contribution < 1.29 is 28.5 Å². The topological polar surface area (TPSA) is 66.5 Å². The van der Waals surface area contributed by atoms with Crippen LogP contribution in [0.3, 0.4) is 0 Å². The van der Waals surface area contributed by atoms with E-state index in [9.17, 15) is 4.79 Å². The second-order valence-corrected chi connectivity index (χ2v) is 7.30. The highest BCUT2D eigenvalue weighted by Gasteiger charge is 2.60. The number of carbonyl (C=O) groups excluding carboxylic acids is 1. The summed E-state index contributed by atoms with van der Waals surface area (Å²) in [6.45, 7) is 4.29. The summed E-state index contributed by atoms with van der Waals surface area (Å²) < 4.78 is 29.6. The second kappa shape index (κ2) is 5.32. The van der Waals surface area contributed by atoms with Gasteiger partial charge >= 0.3 is 0 Å². The molecule has 7 nitrogen and oxygen atoms in total. The molecule has 4 saturated heterocycles. The van der Waals surface area contributed by atoms with Gasteiger partial charge in [0.1, 0.15) is 30.6 Å². The lowest BCUT2D eigenvalue weighted by atomic mass is 10.1. The lowest BCUT2D eigenvalue weighted by Gasteiger charge is -2.31. The third-order valence-corrected chi connectivity index (χ3v) is 4.87. The zero-order chi connectivity index (χ0) is 15.5. The number of rotatable bonds is 4. The van der Waals surface area contributed by atoms with E-state index in [1.807, 2.05) is 20.1 Å². The van der Waals surface area contributed by atoms with E-state index in [4.69, 9.17) is 23.7 Å². The van der Waals surface area contributed by atoms with Crippen molar-refractivity contribution in [2.24, 2.45) is 0 Å². The molecule has 0 N–H and O–H groups in total. The van der Waals surface area contributed by atoms with Crippen molar-refractivity contribution in [3.05, 3.63) is 0 Å². The van der Waals surface area contributed by atoms with Crippen molar-refractivity contribution in [2.75, 3.05) is 18.7 Å². The molecule has 0 aliphatic carbocycles. The van der Waals surface area contributed by atoms with Crippen LogP contribution in [0.2, 0.25) is 0 Å². The van der Waals surface area contributed by atoms with Crippen LogP contribution in [0.5, 0.6) is 0 Å². The molecule has 4 rings (SSSR count). The molecule has 0 unspecified atom stereocenters. The van der Waals surface area contributed by atoms with Crippen LogP contribution in [0.4, 0.5) is 0 Å². The number of ether oxygens (including phenoxy) is 5. The van der Waals surface area contributed by atoms with E-state index < -0.39 is 12.1 Å². The van der Waals surface area contributed by atoms with Gasteiger partial charge in [-0.05, 0) is 20.1 Å². The van der Waals surface area contributed by atoms with E-state index in [1.54, 1.807) is 16.7 Å². The standard InChI is InChI=1S/C14H21NO6S/c1-14(2)20-12-11(17-6-22-3)10(19-13(12)21-14)7-5-15-8(16)4-9(15)18-7/h7,9-13H,4-6H2,1-3H3/t7-,9+,10-,11+,12-,13-/m1/s1. The van der Waals surface area contributed by atoms with Gasteiger partial charge in [-0.1, -0.05) is 0 Å². The van der Waals surface area contributed by atoms with Crippen molar-refractivity contribution in [1.29, 1.82) is 0 Å². The molecule has 4 heterocycles. The van der Waals surface area contributed by atoms with Gasteiger partial charge in [0, 0.05) is 0 Å². The third kappa shape index (κ3) is 2.37. The molecule has 22 heavy (non-hydrogen) atoms. The molecule has 0 bridgehead atoms. The van der Waals surface area contributed by atoms with Gasteiger partial charge in [-0.3, -0.25) is 4.79 Å². The first-order chi connectivity index (χ1) is 10.5. The number of carbonyl (C=O) groups is 1. The molecule has 0 saturated carbocycles. The van der Waals surface area contributed by atoms with Gasteiger partial charge < -0.3 is 28.6 Å².